The van der Waals surface area contributed by atoms with Gasteiger partial charge in [-0.1, -0.05) is 66.7 Å². The first-order chi connectivity index (χ1) is 15.4. The van der Waals surface area contributed by atoms with E-state index >= 15 is 0 Å². The summed E-state index contributed by atoms with van der Waals surface area (Å²) in [5.74, 6) is -0.135. The molecule has 0 radical (unpaired) electrons. The summed E-state index contributed by atoms with van der Waals surface area (Å²) >= 11 is 0. The summed E-state index contributed by atoms with van der Waals surface area (Å²) < 4.78 is 32.3. The van der Waals surface area contributed by atoms with E-state index in [1.54, 1.807) is 29.2 Å². The quantitative estimate of drug-likeness (QED) is 0.572. The molecule has 0 aliphatic carbocycles. The van der Waals surface area contributed by atoms with Crippen LogP contribution in [-0.4, -0.2) is 45.2 Å². The van der Waals surface area contributed by atoms with Crippen LogP contribution >= 0.6 is 0 Å². The Morgan fingerprint density at radius 1 is 1.00 bits per heavy atom. The first kappa shape index (κ1) is 22.0. The minimum absolute atomic E-state index is 0.135. The fraction of sp³-hybridized carbons (Fsp3) is 0.240. The highest BCUT2D eigenvalue weighted by Crippen LogP contribution is 2.26. The monoisotopic (exact) mass is 450 g/mol. The number of hydrogen-bond donors (Lipinski definition) is 0. The Bertz CT molecular complexity index is 1170. The van der Waals surface area contributed by atoms with E-state index in [-0.39, 0.29) is 18.6 Å². The molecular formula is C25H26N2O4S. The number of hydrogen-bond acceptors (Lipinski definition) is 4. The molecule has 1 aliphatic rings. The molecule has 3 aromatic carbocycles. The number of ether oxygens (including phenoxy) is 1. The Balaban J connectivity index is 1.56. The Labute approximate surface area is 189 Å². The van der Waals surface area contributed by atoms with Gasteiger partial charge in [0.1, 0.15) is 6.10 Å². The molecule has 0 N–H and O–H groups in total. The second kappa shape index (κ2) is 9.54. The third-order valence-electron chi connectivity index (χ3n) is 5.48. The highest BCUT2D eigenvalue weighted by Gasteiger charge is 2.27. The van der Waals surface area contributed by atoms with Gasteiger partial charge in [0.2, 0.25) is 10.0 Å². The number of anilines is 1. The van der Waals surface area contributed by atoms with Crippen molar-refractivity contribution >= 4 is 21.6 Å². The van der Waals surface area contributed by atoms with Crippen LogP contribution in [0, 0.1) is 0 Å². The van der Waals surface area contributed by atoms with E-state index in [1.807, 2.05) is 60.7 Å². The molecule has 1 saturated heterocycles. The summed E-state index contributed by atoms with van der Waals surface area (Å²) in [7, 11) is -3.54. The minimum atomic E-state index is -3.54. The van der Waals surface area contributed by atoms with Gasteiger partial charge in [-0.3, -0.25) is 9.10 Å². The van der Waals surface area contributed by atoms with Crippen LogP contribution in [-0.2, 0) is 21.3 Å². The van der Waals surface area contributed by atoms with Crippen LogP contribution in [0.4, 0.5) is 5.69 Å². The molecule has 0 aromatic heterocycles. The van der Waals surface area contributed by atoms with E-state index in [1.165, 1.54) is 10.6 Å². The lowest BCUT2D eigenvalue weighted by atomic mass is 10.1. The van der Waals surface area contributed by atoms with Crippen molar-refractivity contribution in [3.63, 3.8) is 0 Å². The lowest BCUT2D eigenvalue weighted by Crippen LogP contribution is -2.42. The predicted octanol–water partition coefficient (Wildman–Crippen LogP) is 3.87. The van der Waals surface area contributed by atoms with Gasteiger partial charge in [0.25, 0.3) is 5.91 Å². The van der Waals surface area contributed by atoms with Crippen molar-refractivity contribution in [1.82, 2.24) is 4.90 Å². The summed E-state index contributed by atoms with van der Waals surface area (Å²) in [6.45, 7) is 1.60. The fourth-order valence-corrected chi connectivity index (χ4v) is 4.71. The van der Waals surface area contributed by atoms with Crippen molar-refractivity contribution in [2.45, 2.75) is 12.6 Å². The summed E-state index contributed by atoms with van der Waals surface area (Å²) in [4.78, 5) is 15.0. The van der Waals surface area contributed by atoms with E-state index in [0.717, 1.165) is 11.1 Å². The highest BCUT2D eigenvalue weighted by molar-refractivity contribution is 7.92. The zero-order chi connectivity index (χ0) is 22.6. The maximum atomic E-state index is 13.3. The van der Waals surface area contributed by atoms with Gasteiger partial charge in [0.15, 0.2) is 0 Å². The second-order valence-corrected chi connectivity index (χ2v) is 9.73. The first-order valence-corrected chi connectivity index (χ1v) is 12.3. The molecule has 3 aromatic rings. The van der Waals surface area contributed by atoms with Crippen LogP contribution in [0.3, 0.4) is 0 Å². The average Bonchev–Trinajstić information content (AvgIpc) is 2.83. The number of carbonyl (C=O) groups is 1. The van der Waals surface area contributed by atoms with Gasteiger partial charge in [0, 0.05) is 12.1 Å². The number of benzene rings is 3. The Hall–Kier alpha value is -3.16. The second-order valence-electron chi connectivity index (χ2n) is 7.83. The number of morpholine rings is 1. The molecule has 6 nitrogen and oxygen atoms in total. The van der Waals surface area contributed by atoms with Gasteiger partial charge >= 0.3 is 0 Å². The van der Waals surface area contributed by atoms with Crippen molar-refractivity contribution in [1.29, 1.82) is 0 Å². The predicted molar refractivity (Wildman–Crippen MR) is 125 cm³/mol. The Kier molecular flexibility index (Phi) is 6.58. The van der Waals surface area contributed by atoms with E-state index in [9.17, 15) is 13.2 Å². The summed E-state index contributed by atoms with van der Waals surface area (Å²) in [5.41, 5.74) is 2.83. The van der Waals surface area contributed by atoms with E-state index in [2.05, 4.69) is 0 Å². The highest BCUT2D eigenvalue weighted by atomic mass is 32.2. The maximum absolute atomic E-state index is 13.3. The number of nitrogens with zero attached hydrogens (tertiary/aromatic N) is 2. The standard InChI is InChI=1S/C25H26N2O4S/c1-32(29,30)27(18-20-9-4-2-5-10-20)23-14-8-13-22(17-23)25(28)26-15-16-31-24(19-26)21-11-6-3-7-12-21/h2-14,17,24H,15-16,18-19H2,1H3. The maximum Gasteiger partial charge on any atom is 0.254 e. The Morgan fingerprint density at radius 3 is 2.38 bits per heavy atom. The van der Waals surface area contributed by atoms with Gasteiger partial charge < -0.3 is 9.64 Å². The van der Waals surface area contributed by atoms with Crippen molar-refractivity contribution in [3.8, 4) is 0 Å². The van der Waals surface area contributed by atoms with Crippen LogP contribution in [0.5, 0.6) is 0 Å². The molecule has 1 fully saturated rings. The number of amides is 1. The minimum Gasteiger partial charge on any atom is -0.370 e. The largest absolute Gasteiger partial charge is 0.370 e. The lowest BCUT2D eigenvalue weighted by Gasteiger charge is -2.33. The third kappa shape index (κ3) is 5.18. The van der Waals surface area contributed by atoms with Gasteiger partial charge in [-0.2, -0.15) is 0 Å². The summed E-state index contributed by atoms with van der Waals surface area (Å²) in [5, 5.41) is 0. The average molecular weight is 451 g/mol. The molecule has 1 unspecified atom stereocenters. The molecule has 4 rings (SSSR count). The zero-order valence-electron chi connectivity index (χ0n) is 17.9. The van der Waals surface area contributed by atoms with E-state index in [4.69, 9.17) is 4.74 Å². The number of sulfonamides is 1. The molecule has 1 atom stereocenters. The third-order valence-corrected chi connectivity index (χ3v) is 6.62. The number of rotatable bonds is 6. The molecule has 0 spiro atoms. The lowest BCUT2D eigenvalue weighted by molar-refractivity contribution is -0.0228. The van der Waals surface area contributed by atoms with Crippen LogP contribution in [0.15, 0.2) is 84.9 Å². The molecule has 7 heteroatoms. The fourth-order valence-electron chi connectivity index (χ4n) is 3.83. The van der Waals surface area contributed by atoms with Crippen molar-refractivity contribution in [2.75, 3.05) is 30.3 Å². The smallest absolute Gasteiger partial charge is 0.254 e. The van der Waals surface area contributed by atoms with Crippen molar-refractivity contribution < 1.29 is 17.9 Å². The summed E-state index contributed by atoms with van der Waals surface area (Å²) in [6.07, 6.45) is 0.999. The molecule has 1 heterocycles. The Morgan fingerprint density at radius 2 is 1.69 bits per heavy atom. The SMILES string of the molecule is CS(=O)(=O)N(Cc1ccccc1)c1cccc(C(=O)N2CCOC(c3ccccc3)C2)c1. The topological polar surface area (TPSA) is 66.9 Å². The van der Waals surface area contributed by atoms with E-state index < -0.39 is 10.0 Å². The van der Waals surface area contributed by atoms with Crippen LogP contribution < -0.4 is 4.31 Å². The van der Waals surface area contributed by atoms with E-state index in [0.29, 0.717) is 30.9 Å². The summed E-state index contributed by atoms with van der Waals surface area (Å²) in [6, 6.07) is 26.0. The molecule has 166 valence electrons. The normalized spacial score (nSPS) is 16.5. The van der Waals surface area contributed by atoms with Gasteiger partial charge in [-0.05, 0) is 29.3 Å². The van der Waals surface area contributed by atoms with Crippen LogP contribution in [0.2, 0.25) is 0 Å². The van der Waals surface area contributed by atoms with Crippen molar-refractivity contribution in [3.05, 3.63) is 102 Å². The van der Waals surface area contributed by atoms with Gasteiger partial charge in [0.05, 0.1) is 31.6 Å². The van der Waals surface area contributed by atoms with Crippen molar-refractivity contribution in [2.24, 2.45) is 0 Å². The number of carbonyl (C=O) groups excluding carboxylic acids is 1. The van der Waals surface area contributed by atoms with Crippen LogP contribution in [0.25, 0.3) is 0 Å². The van der Waals surface area contributed by atoms with Crippen LogP contribution in [0.1, 0.15) is 27.6 Å². The molecular weight excluding hydrogens is 424 g/mol. The molecule has 1 amide bonds. The molecule has 1 aliphatic heterocycles. The molecule has 0 saturated carbocycles. The zero-order valence-corrected chi connectivity index (χ0v) is 18.7. The molecule has 0 bridgehead atoms. The van der Waals surface area contributed by atoms with Gasteiger partial charge in [-0.25, -0.2) is 8.42 Å². The first-order valence-electron chi connectivity index (χ1n) is 10.5. The molecule has 32 heavy (non-hydrogen) atoms. The van der Waals surface area contributed by atoms with Gasteiger partial charge in [-0.15, -0.1) is 0 Å².